The molecule has 5 heteroatoms. The highest BCUT2D eigenvalue weighted by Crippen LogP contribution is 2.30. The van der Waals surface area contributed by atoms with Gasteiger partial charge in [0.25, 0.3) is 0 Å². The standard InChI is InChI=1S/C15H18BrN3S/c1-10(2)19(9-11-5-4-8-20-11)13-7-3-6-12(16)14(13)15(17)18/h3-8,10H,9H2,1-2H3,(H3,17,18). The normalized spacial score (nSPS) is 10.8. The molecule has 2 aromatic rings. The second kappa shape index (κ2) is 6.41. The maximum absolute atomic E-state index is 7.82. The summed E-state index contributed by atoms with van der Waals surface area (Å²) in [4.78, 5) is 3.57. The lowest BCUT2D eigenvalue weighted by molar-refractivity contribution is 0.686. The first kappa shape index (κ1) is 15.1. The maximum atomic E-state index is 7.82. The number of thiophene rings is 1. The second-order valence-corrected chi connectivity index (χ2v) is 6.74. The van der Waals surface area contributed by atoms with E-state index in [4.69, 9.17) is 11.1 Å². The molecule has 0 atom stereocenters. The molecule has 20 heavy (non-hydrogen) atoms. The number of nitrogens with one attached hydrogen (secondary N) is 1. The van der Waals surface area contributed by atoms with Gasteiger partial charge >= 0.3 is 0 Å². The lowest BCUT2D eigenvalue weighted by Gasteiger charge is -2.30. The van der Waals surface area contributed by atoms with E-state index in [0.29, 0.717) is 6.04 Å². The van der Waals surface area contributed by atoms with Gasteiger partial charge in [-0.2, -0.15) is 0 Å². The van der Waals surface area contributed by atoms with Gasteiger partial charge in [-0.15, -0.1) is 11.3 Å². The van der Waals surface area contributed by atoms with Crippen molar-refractivity contribution in [3.05, 3.63) is 50.6 Å². The van der Waals surface area contributed by atoms with Crippen molar-refractivity contribution < 1.29 is 0 Å². The van der Waals surface area contributed by atoms with Crippen LogP contribution in [0.15, 0.2) is 40.2 Å². The van der Waals surface area contributed by atoms with Crippen molar-refractivity contribution in [2.75, 3.05) is 4.90 Å². The molecule has 0 radical (unpaired) electrons. The molecule has 1 aromatic heterocycles. The number of nitrogens with zero attached hydrogens (tertiary/aromatic N) is 1. The number of halogens is 1. The molecule has 0 aliphatic carbocycles. The average Bonchev–Trinajstić information content (AvgIpc) is 2.87. The number of amidine groups is 1. The fourth-order valence-corrected chi connectivity index (χ4v) is 3.41. The van der Waals surface area contributed by atoms with Gasteiger partial charge in [0, 0.05) is 21.1 Å². The van der Waals surface area contributed by atoms with Crippen LogP contribution in [0.5, 0.6) is 0 Å². The van der Waals surface area contributed by atoms with E-state index in [0.717, 1.165) is 22.3 Å². The molecule has 0 saturated carbocycles. The number of benzene rings is 1. The average molecular weight is 352 g/mol. The third-order valence-corrected chi connectivity index (χ3v) is 4.62. The van der Waals surface area contributed by atoms with Crippen LogP contribution in [0.1, 0.15) is 24.3 Å². The van der Waals surface area contributed by atoms with E-state index in [-0.39, 0.29) is 5.84 Å². The van der Waals surface area contributed by atoms with Crippen molar-refractivity contribution >= 4 is 38.8 Å². The Morgan fingerprint density at radius 2 is 2.10 bits per heavy atom. The molecule has 0 aliphatic heterocycles. The van der Waals surface area contributed by atoms with Gasteiger partial charge in [-0.05, 0) is 53.4 Å². The molecule has 0 spiro atoms. The molecular formula is C15H18BrN3S. The zero-order chi connectivity index (χ0) is 14.7. The summed E-state index contributed by atoms with van der Waals surface area (Å²) in [7, 11) is 0. The molecule has 0 fully saturated rings. The van der Waals surface area contributed by atoms with Crippen molar-refractivity contribution in [3.63, 3.8) is 0 Å². The van der Waals surface area contributed by atoms with E-state index in [2.05, 4.69) is 52.2 Å². The molecule has 0 bridgehead atoms. The lowest BCUT2D eigenvalue weighted by Crippen LogP contribution is -2.32. The number of nitrogen functional groups attached to an aromatic ring is 1. The highest BCUT2D eigenvalue weighted by Gasteiger charge is 2.18. The van der Waals surface area contributed by atoms with Crippen LogP contribution in [0.3, 0.4) is 0 Å². The summed E-state index contributed by atoms with van der Waals surface area (Å²) in [6.07, 6.45) is 0. The lowest BCUT2D eigenvalue weighted by atomic mass is 10.1. The number of hydrogen-bond acceptors (Lipinski definition) is 3. The zero-order valence-corrected chi connectivity index (χ0v) is 14.0. The van der Waals surface area contributed by atoms with Gasteiger partial charge < -0.3 is 10.6 Å². The number of nitrogens with two attached hydrogens (primary N) is 1. The Balaban J connectivity index is 2.44. The molecular weight excluding hydrogens is 334 g/mol. The third-order valence-electron chi connectivity index (χ3n) is 3.10. The van der Waals surface area contributed by atoms with Crippen molar-refractivity contribution in [1.82, 2.24) is 0 Å². The Bertz CT molecular complexity index is 593. The molecule has 2 rings (SSSR count). The fourth-order valence-electron chi connectivity index (χ4n) is 2.14. The SMILES string of the molecule is CC(C)N(Cc1cccs1)c1cccc(Br)c1C(=N)N. The summed E-state index contributed by atoms with van der Waals surface area (Å²) >= 11 is 5.24. The molecule has 0 aliphatic rings. The van der Waals surface area contributed by atoms with Gasteiger partial charge in [-0.1, -0.05) is 12.1 Å². The summed E-state index contributed by atoms with van der Waals surface area (Å²) in [5, 5.41) is 9.91. The second-order valence-electron chi connectivity index (χ2n) is 4.85. The Hall–Kier alpha value is -1.33. The Morgan fingerprint density at radius 3 is 2.65 bits per heavy atom. The molecule has 0 amide bonds. The largest absolute Gasteiger partial charge is 0.384 e. The summed E-state index contributed by atoms with van der Waals surface area (Å²) in [5.41, 5.74) is 7.51. The van der Waals surface area contributed by atoms with Crippen molar-refractivity contribution in [3.8, 4) is 0 Å². The molecule has 1 aromatic carbocycles. The summed E-state index contributed by atoms with van der Waals surface area (Å²) < 4.78 is 0.860. The Morgan fingerprint density at radius 1 is 1.35 bits per heavy atom. The van der Waals surface area contributed by atoms with Crippen LogP contribution in [0, 0.1) is 5.41 Å². The van der Waals surface area contributed by atoms with Gasteiger partial charge in [0.1, 0.15) is 5.84 Å². The van der Waals surface area contributed by atoms with Crippen molar-refractivity contribution in [1.29, 1.82) is 5.41 Å². The van der Waals surface area contributed by atoms with Crippen molar-refractivity contribution in [2.24, 2.45) is 5.73 Å². The maximum Gasteiger partial charge on any atom is 0.126 e. The van der Waals surface area contributed by atoms with Crippen LogP contribution in [-0.4, -0.2) is 11.9 Å². The van der Waals surface area contributed by atoms with Crippen LogP contribution in [0.25, 0.3) is 0 Å². The fraction of sp³-hybridized carbons (Fsp3) is 0.267. The van der Waals surface area contributed by atoms with Crippen LogP contribution in [-0.2, 0) is 6.54 Å². The third kappa shape index (κ3) is 3.22. The van der Waals surface area contributed by atoms with E-state index < -0.39 is 0 Å². The van der Waals surface area contributed by atoms with Gasteiger partial charge in [0.15, 0.2) is 0 Å². The van der Waals surface area contributed by atoms with Gasteiger partial charge in [0.2, 0.25) is 0 Å². The predicted octanol–water partition coefficient (Wildman–Crippen LogP) is 4.21. The van der Waals surface area contributed by atoms with Crippen LogP contribution in [0.4, 0.5) is 5.69 Å². The van der Waals surface area contributed by atoms with Crippen LogP contribution >= 0.6 is 27.3 Å². The molecule has 106 valence electrons. The smallest absolute Gasteiger partial charge is 0.126 e. The number of hydrogen-bond donors (Lipinski definition) is 2. The molecule has 0 unspecified atom stereocenters. The summed E-state index contributed by atoms with van der Waals surface area (Å²) in [6, 6.07) is 10.4. The Labute approximate surface area is 132 Å². The topological polar surface area (TPSA) is 53.1 Å². The minimum absolute atomic E-state index is 0.0873. The zero-order valence-electron chi connectivity index (χ0n) is 11.6. The molecule has 3 nitrogen and oxygen atoms in total. The predicted molar refractivity (Wildman–Crippen MR) is 90.8 cm³/mol. The highest BCUT2D eigenvalue weighted by atomic mass is 79.9. The van der Waals surface area contributed by atoms with Gasteiger partial charge in [0.05, 0.1) is 12.1 Å². The van der Waals surface area contributed by atoms with E-state index in [9.17, 15) is 0 Å². The summed E-state index contributed by atoms with van der Waals surface area (Å²) in [5.74, 6) is 0.0873. The minimum Gasteiger partial charge on any atom is -0.384 e. The summed E-state index contributed by atoms with van der Waals surface area (Å²) in [6.45, 7) is 5.13. The van der Waals surface area contributed by atoms with E-state index in [1.165, 1.54) is 4.88 Å². The van der Waals surface area contributed by atoms with E-state index >= 15 is 0 Å². The Kier molecular flexibility index (Phi) is 4.83. The van der Waals surface area contributed by atoms with Crippen LogP contribution in [0.2, 0.25) is 0 Å². The van der Waals surface area contributed by atoms with E-state index in [1.807, 2.05) is 18.2 Å². The monoisotopic (exact) mass is 351 g/mol. The number of anilines is 1. The first-order valence-electron chi connectivity index (χ1n) is 6.42. The quantitative estimate of drug-likeness (QED) is 0.626. The van der Waals surface area contributed by atoms with Gasteiger partial charge in [-0.3, -0.25) is 5.41 Å². The first-order valence-corrected chi connectivity index (χ1v) is 8.10. The minimum atomic E-state index is 0.0873. The van der Waals surface area contributed by atoms with Crippen LogP contribution < -0.4 is 10.6 Å². The van der Waals surface area contributed by atoms with Gasteiger partial charge in [-0.25, -0.2) is 0 Å². The first-order chi connectivity index (χ1) is 9.50. The molecule has 3 N–H and O–H groups in total. The highest BCUT2D eigenvalue weighted by molar-refractivity contribution is 9.10. The van der Waals surface area contributed by atoms with E-state index in [1.54, 1.807) is 11.3 Å². The molecule has 0 saturated heterocycles. The van der Waals surface area contributed by atoms with Crippen molar-refractivity contribution in [2.45, 2.75) is 26.4 Å². The molecule has 1 heterocycles. The number of rotatable bonds is 5.